The number of esters is 1. The summed E-state index contributed by atoms with van der Waals surface area (Å²) in [5.41, 5.74) is -1.15. The van der Waals surface area contributed by atoms with E-state index in [0.29, 0.717) is 0 Å². The van der Waals surface area contributed by atoms with E-state index in [1.807, 2.05) is 0 Å². The van der Waals surface area contributed by atoms with Crippen LogP contribution in [0.4, 0.5) is 30.7 Å². The molecule has 0 bridgehead atoms. The Kier molecular flexibility index (Phi) is 6.91. The van der Waals surface area contributed by atoms with E-state index in [2.05, 4.69) is 4.74 Å². The summed E-state index contributed by atoms with van der Waals surface area (Å²) in [7, 11) is 0.949. The molecule has 0 aliphatic carbocycles. The molecule has 0 heterocycles. The summed E-state index contributed by atoms with van der Waals surface area (Å²) in [5.74, 6) is -2.84. The molecule has 1 atom stereocenters. The van der Waals surface area contributed by atoms with Gasteiger partial charge in [-0.2, -0.15) is 26.3 Å². The minimum atomic E-state index is -5.30. The Balaban J connectivity index is 0.00000576. The first-order valence-corrected chi connectivity index (χ1v) is 6.45. The molecule has 1 rings (SSSR count). The summed E-state index contributed by atoms with van der Waals surface area (Å²) in [4.78, 5) is 11.7. The monoisotopic (exact) mass is 397 g/mol. The van der Waals surface area contributed by atoms with E-state index in [9.17, 15) is 35.5 Å². The lowest BCUT2D eigenvalue weighted by atomic mass is 9.78. The van der Waals surface area contributed by atoms with Gasteiger partial charge >= 0.3 is 18.3 Å². The van der Waals surface area contributed by atoms with Gasteiger partial charge in [-0.05, 0) is 26.0 Å². The molecule has 0 aliphatic rings. The van der Waals surface area contributed by atoms with Crippen molar-refractivity contribution < 1.29 is 40.3 Å². The van der Waals surface area contributed by atoms with Crippen LogP contribution in [0.15, 0.2) is 12.1 Å². The fraction of sp³-hybridized carbons (Fsp3) is 0.500. The van der Waals surface area contributed by atoms with Gasteiger partial charge in [0.2, 0.25) is 0 Å². The van der Waals surface area contributed by atoms with E-state index in [-0.39, 0.29) is 24.5 Å². The second-order valence-corrected chi connectivity index (χ2v) is 5.61. The van der Waals surface area contributed by atoms with Crippen LogP contribution in [0.5, 0.6) is 0 Å². The third-order valence-electron chi connectivity index (χ3n) is 3.56. The second-order valence-electron chi connectivity index (χ2n) is 5.61. The maximum absolute atomic E-state index is 14.1. The molecule has 3 nitrogen and oxygen atoms in total. The lowest BCUT2D eigenvalue weighted by molar-refractivity contribution is -0.153. The Morgan fingerprint density at radius 2 is 1.56 bits per heavy atom. The van der Waals surface area contributed by atoms with Crippen molar-refractivity contribution in [2.45, 2.75) is 32.2 Å². The number of hydrogen-bond donors (Lipinski definition) is 1. The molecule has 0 saturated heterocycles. The fourth-order valence-corrected chi connectivity index (χ4v) is 2.08. The molecule has 1 aromatic rings. The summed E-state index contributed by atoms with van der Waals surface area (Å²) >= 11 is 0. The molecular weight excluding hydrogens is 383 g/mol. The van der Waals surface area contributed by atoms with E-state index in [1.165, 1.54) is 0 Å². The van der Waals surface area contributed by atoms with Crippen molar-refractivity contribution in [3.05, 3.63) is 34.6 Å². The number of alkyl halides is 6. The molecule has 0 spiro atoms. The average molecular weight is 398 g/mol. The van der Waals surface area contributed by atoms with Gasteiger partial charge in [0.25, 0.3) is 0 Å². The standard InChI is InChI=1S/C14H14F7NO2.ClH/c1-12(2,11(23)24-3)10(22)9-7(14(19,20)21)4-6(5-8(9)15)13(16,17)18;/h4-5,10H,22H2,1-3H3;1H/t10-;/m1./s1. The highest BCUT2D eigenvalue weighted by Gasteiger charge is 2.45. The molecule has 0 fully saturated rings. The molecule has 0 saturated carbocycles. The zero-order valence-electron chi connectivity index (χ0n) is 13.2. The number of carbonyl (C=O) groups excluding carboxylic acids is 1. The van der Waals surface area contributed by atoms with Crippen molar-refractivity contribution in [2.24, 2.45) is 11.1 Å². The van der Waals surface area contributed by atoms with E-state index in [0.717, 1.165) is 21.0 Å². The summed E-state index contributed by atoms with van der Waals surface area (Å²) in [6.07, 6.45) is -10.5. The lowest BCUT2D eigenvalue weighted by Crippen LogP contribution is -2.39. The minimum absolute atomic E-state index is 0. The number of nitrogens with two attached hydrogens (primary N) is 1. The second kappa shape index (κ2) is 7.36. The van der Waals surface area contributed by atoms with Crippen LogP contribution in [0.1, 0.15) is 36.6 Å². The van der Waals surface area contributed by atoms with Gasteiger partial charge < -0.3 is 10.5 Å². The van der Waals surface area contributed by atoms with Crippen molar-refractivity contribution in [1.29, 1.82) is 0 Å². The average Bonchev–Trinajstić information content (AvgIpc) is 2.42. The summed E-state index contributed by atoms with van der Waals surface area (Å²) < 4.78 is 95.8. The summed E-state index contributed by atoms with van der Waals surface area (Å²) in [6, 6.07) is -2.20. The van der Waals surface area contributed by atoms with Crippen LogP contribution in [0, 0.1) is 11.2 Å². The number of ether oxygens (including phenoxy) is 1. The van der Waals surface area contributed by atoms with Gasteiger partial charge in [0.15, 0.2) is 0 Å². The first-order valence-electron chi connectivity index (χ1n) is 6.45. The Hall–Kier alpha value is -1.55. The van der Waals surface area contributed by atoms with E-state index >= 15 is 0 Å². The first-order chi connectivity index (χ1) is 10.6. The van der Waals surface area contributed by atoms with Gasteiger partial charge in [0.1, 0.15) is 5.82 Å². The van der Waals surface area contributed by atoms with E-state index in [1.54, 1.807) is 0 Å². The molecule has 25 heavy (non-hydrogen) atoms. The van der Waals surface area contributed by atoms with Crippen LogP contribution in [0.3, 0.4) is 0 Å². The lowest BCUT2D eigenvalue weighted by Gasteiger charge is -2.31. The summed E-state index contributed by atoms with van der Waals surface area (Å²) in [5, 5.41) is 0. The minimum Gasteiger partial charge on any atom is -0.469 e. The van der Waals surface area contributed by atoms with Crippen molar-refractivity contribution >= 4 is 18.4 Å². The first kappa shape index (κ1) is 23.4. The van der Waals surface area contributed by atoms with Crippen LogP contribution in [0.25, 0.3) is 0 Å². The van der Waals surface area contributed by atoms with Crippen LogP contribution < -0.4 is 5.73 Å². The molecule has 11 heteroatoms. The van der Waals surface area contributed by atoms with Crippen molar-refractivity contribution in [3.63, 3.8) is 0 Å². The van der Waals surface area contributed by atoms with Crippen molar-refractivity contribution in [1.82, 2.24) is 0 Å². The third kappa shape index (κ3) is 4.75. The predicted molar refractivity (Wildman–Crippen MR) is 76.4 cm³/mol. The van der Waals surface area contributed by atoms with Crippen LogP contribution in [-0.2, 0) is 21.9 Å². The zero-order valence-corrected chi connectivity index (χ0v) is 14.0. The fourth-order valence-electron chi connectivity index (χ4n) is 2.08. The number of rotatable bonds is 3. The topological polar surface area (TPSA) is 52.3 Å². The van der Waals surface area contributed by atoms with E-state index < -0.39 is 52.3 Å². The molecule has 0 radical (unpaired) electrons. The van der Waals surface area contributed by atoms with Crippen molar-refractivity contribution in [2.75, 3.05) is 7.11 Å². The predicted octanol–water partition coefficient (Wildman–Crippen LogP) is 4.48. The highest BCUT2D eigenvalue weighted by Crippen LogP contribution is 2.44. The number of carbonyl (C=O) groups is 1. The Morgan fingerprint density at radius 3 is 1.92 bits per heavy atom. The van der Waals surface area contributed by atoms with Gasteiger partial charge in [-0.15, -0.1) is 12.4 Å². The van der Waals surface area contributed by atoms with Crippen LogP contribution in [0.2, 0.25) is 0 Å². The quantitative estimate of drug-likeness (QED) is 0.604. The van der Waals surface area contributed by atoms with Crippen LogP contribution in [-0.4, -0.2) is 13.1 Å². The Morgan fingerprint density at radius 1 is 1.08 bits per heavy atom. The molecule has 0 unspecified atom stereocenters. The van der Waals surface area contributed by atoms with Gasteiger partial charge in [-0.3, -0.25) is 4.79 Å². The highest BCUT2D eigenvalue weighted by atomic mass is 35.5. The van der Waals surface area contributed by atoms with Gasteiger partial charge in [-0.25, -0.2) is 4.39 Å². The number of halogens is 8. The normalized spacial score (nSPS) is 13.9. The molecule has 1 aromatic carbocycles. The van der Waals surface area contributed by atoms with Gasteiger partial charge in [-0.1, -0.05) is 0 Å². The zero-order chi connectivity index (χ0) is 19.1. The third-order valence-corrected chi connectivity index (χ3v) is 3.56. The summed E-state index contributed by atoms with van der Waals surface area (Å²) in [6.45, 7) is 2.20. The SMILES string of the molecule is COC(=O)C(C)(C)[C@H](N)c1c(F)cc(C(F)(F)F)cc1C(F)(F)F.Cl. The van der Waals surface area contributed by atoms with Gasteiger partial charge in [0.05, 0.1) is 23.7 Å². The number of methoxy groups -OCH3 is 1. The van der Waals surface area contributed by atoms with Crippen LogP contribution >= 0.6 is 12.4 Å². The van der Waals surface area contributed by atoms with E-state index in [4.69, 9.17) is 5.73 Å². The number of benzene rings is 1. The smallest absolute Gasteiger partial charge is 0.416 e. The van der Waals surface area contributed by atoms with Crippen molar-refractivity contribution in [3.8, 4) is 0 Å². The molecular formula is C14H15ClF7NO2. The molecule has 0 aliphatic heterocycles. The molecule has 0 amide bonds. The Labute approximate surface area is 144 Å². The Bertz CT molecular complexity index is 641. The van der Waals surface area contributed by atoms with Gasteiger partial charge in [0, 0.05) is 11.6 Å². The maximum atomic E-state index is 14.1. The highest BCUT2D eigenvalue weighted by molar-refractivity contribution is 5.85. The molecule has 2 N–H and O–H groups in total. The molecule has 0 aromatic heterocycles. The molecule has 144 valence electrons. The number of hydrogen-bond acceptors (Lipinski definition) is 3. The largest absolute Gasteiger partial charge is 0.469 e. The maximum Gasteiger partial charge on any atom is 0.416 e.